The third kappa shape index (κ3) is 5.35. The maximum Gasteiger partial charge on any atom is 0.258 e. The average Bonchev–Trinajstić information content (AvgIpc) is 3.28. The van der Waals surface area contributed by atoms with E-state index in [-0.39, 0.29) is 5.91 Å². The topological polar surface area (TPSA) is 86.5 Å². The van der Waals surface area contributed by atoms with Gasteiger partial charge in [0.15, 0.2) is 0 Å². The molecule has 0 radical (unpaired) electrons. The number of pyridine rings is 1. The van der Waals surface area contributed by atoms with Gasteiger partial charge in [-0.1, -0.05) is 29.1 Å². The second-order valence-electron chi connectivity index (χ2n) is 7.17. The fourth-order valence-corrected chi connectivity index (χ4v) is 4.16. The number of amides is 1. The number of nitrogens with zero attached hydrogens (tertiary/aromatic N) is 2. The molecule has 1 amide bonds. The molecule has 0 atom stereocenters. The van der Waals surface area contributed by atoms with Crippen LogP contribution in [0.2, 0.25) is 0 Å². The van der Waals surface area contributed by atoms with E-state index in [2.05, 4.69) is 15.5 Å². The Morgan fingerprint density at radius 3 is 2.58 bits per heavy atom. The molecule has 8 heteroatoms. The summed E-state index contributed by atoms with van der Waals surface area (Å²) in [5, 5.41) is 7.60. The number of hydrogen-bond donors (Lipinski definition) is 1. The van der Waals surface area contributed by atoms with Crippen molar-refractivity contribution >= 4 is 23.4 Å². The minimum atomic E-state index is -0.243. The van der Waals surface area contributed by atoms with Crippen LogP contribution < -0.4 is 14.8 Å². The highest BCUT2D eigenvalue weighted by atomic mass is 32.2. The highest BCUT2D eigenvalue weighted by Gasteiger charge is 2.15. The van der Waals surface area contributed by atoms with Crippen molar-refractivity contribution in [2.45, 2.75) is 17.7 Å². The molecule has 0 aliphatic rings. The maximum absolute atomic E-state index is 13.1. The van der Waals surface area contributed by atoms with Crippen molar-refractivity contribution in [3.8, 4) is 22.6 Å². The minimum absolute atomic E-state index is 0.243. The number of methoxy groups -OCH3 is 2. The van der Waals surface area contributed by atoms with E-state index >= 15 is 0 Å². The van der Waals surface area contributed by atoms with E-state index in [0.717, 1.165) is 28.3 Å². The Balaban J connectivity index is 1.55. The summed E-state index contributed by atoms with van der Waals surface area (Å²) in [4.78, 5) is 17.5. The van der Waals surface area contributed by atoms with Gasteiger partial charge in [-0.05, 0) is 55.0 Å². The Bertz CT molecular complexity index is 1250. The van der Waals surface area contributed by atoms with Crippen molar-refractivity contribution in [1.82, 2.24) is 10.1 Å². The quantitative estimate of drug-likeness (QED) is 0.341. The van der Waals surface area contributed by atoms with Gasteiger partial charge in [0.25, 0.3) is 5.91 Å². The van der Waals surface area contributed by atoms with Crippen LogP contribution in [0, 0.1) is 6.92 Å². The molecule has 0 bridgehead atoms. The summed E-state index contributed by atoms with van der Waals surface area (Å²) in [6, 6.07) is 18.6. The molecule has 168 valence electrons. The standard InChI is InChI=1S/C25H23N3O4S/c1-16-13-19(28-32-16)15-33-25-21(5-4-12-26-25)24(29)27-18-8-11-23(31-3)22(14-18)17-6-9-20(30-2)10-7-17/h4-14H,15H2,1-3H3,(H,27,29). The zero-order valence-corrected chi connectivity index (χ0v) is 19.3. The number of benzene rings is 2. The number of carbonyl (C=O) groups is 1. The van der Waals surface area contributed by atoms with Crippen LogP contribution in [0.5, 0.6) is 11.5 Å². The van der Waals surface area contributed by atoms with E-state index in [1.165, 1.54) is 11.8 Å². The lowest BCUT2D eigenvalue weighted by Gasteiger charge is -2.13. The second kappa shape index (κ2) is 10.2. The highest BCUT2D eigenvalue weighted by molar-refractivity contribution is 7.98. The van der Waals surface area contributed by atoms with E-state index in [1.54, 1.807) is 32.5 Å². The summed E-state index contributed by atoms with van der Waals surface area (Å²) in [5.41, 5.74) is 3.75. The van der Waals surface area contributed by atoms with Gasteiger partial charge < -0.3 is 19.3 Å². The van der Waals surface area contributed by atoms with Gasteiger partial charge in [0, 0.05) is 29.3 Å². The first kappa shape index (κ1) is 22.4. The van der Waals surface area contributed by atoms with Gasteiger partial charge in [-0.2, -0.15) is 0 Å². The van der Waals surface area contributed by atoms with Crippen molar-refractivity contribution in [2.75, 3.05) is 19.5 Å². The predicted molar refractivity (Wildman–Crippen MR) is 128 cm³/mol. The molecule has 0 unspecified atom stereocenters. The molecule has 0 aliphatic carbocycles. The van der Waals surface area contributed by atoms with E-state index in [0.29, 0.717) is 27.8 Å². The number of anilines is 1. The van der Waals surface area contributed by atoms with Crippen LogP contribution in [0.25, 0.3) is 11.1 Å². The largest absolute Gasteiger partial charge is 0.497 e. The summed E-state index contributed by atoms with van der Waals surface area (Å²) >= 11 is 1.44. The molecule has 0 fully saturated rings. The van der Waals surface area contributed by atoms with Crippen molar-refractivity contribution in [3.05, 3.63) is 83.9 Å². The molecular weight excluding hydrogens is 438 g/mol. The molecule has 2 heterocycles. The number of ether oxygens (including phenoxy) is 2. The lowest BCUT2D eigenvalue weighted by molar-refractivity contribution is 0.102. The first-order chi connectivity index (χ1) is 16.1. The number of thioether (sulfide) groups is 1. The number of carbonyl (C=O) groups excluding carboxylic acids is 1. The summed E-state index contributed by atoms with van der Waals surface area (Å²) in [7, 11) is 3.25. The molecule has 2 aromatic carbocycles. The maximum atomic E-state index is 13.1. The molecule has 2 aromatic heterocycles. The number of aromatic nitrogens is 2. The normalized spacial score (nSPS) is 10.6. The SMILES string of the molecule is COc1ccc(-c2cc(NC(=O)c3cccnc3SCc3cc(C)on3)ccc2OC)cc1. The zero-order valence-electron chi connectivity index (χ0n) is 18.5. The Labute approximate surface area is 196 Å². The fourth-order valence-electron chi connectivity index (χ4n) is 3.29. The summed E-state index contributed by atoms with van der Waals surface area (Å²) in [6.07, 6.45) is 1.67. The monoisotopic (exact) mass is 461 g/mol. The van der Waals surface area contributed by atoms with Gasteiger partial charge in [0.05, 0.1) is 25.5 Å². The first-order valence-electron chi connectivity index (χ1n) is 10.2. The average molecular weight is 462 g/mol. The van der Waals surface area contributed by atoms with Crippen LogP contribution in [0.1, 0.15) is 21.8 Å². The molecule has 0 aliphatic heterocycles. The van der Waals surface area contributed by atoms with Gasteiger partial charge in [-0.25, -0.2) is 4.98 Å². The predicted octanol–water partition coefficient (Wildman–Crippen LogP) is 5.61. The third-order valence-corrected chi connectivity index (χ3v) is 5.95. The Morgan fingerprint density at radius 1 is 1.06 bits per heavy atom. The fraction of sp³-hybridized carbons (Fsp3) is 0.160. The molecule has 0 spiro atoms. The Kier molecular flexibility index (Phi) is 6.95. The third-order valence-electron chi connectivity index (χ3n) is 4.91. The first-order valence-corrected chi connectivity index (χ1v) is 11.2. The van der Waals surface area contributed by atoms with Gasteiger partial charge in [-0.3, -0.25) is 4.79 Å². The molecule has 0 saturated carbocycles. The van der Waals surface area contributed by atoms with Crippen LogP contribution in [-0.4, -0.2) is 30.3 Å². The van der Waals surface area contributed by atoms with Crippen LogP contribution in [0.3, 0.4) is 0 Å². The van der Waals surface area contributed by atoms with Crippen LogP contribution in [0.15, 0.2) is 76.4 Å². The molecule has 4 aromatic rings. The van der Waals surface area contributed by atoms with Gasteiger partial charge in [0.1, 0.15) is 22.3 Å². The number of aryl methyl sites for hydroxylation is 1. The highest BCUT2D eigenvalue weighted by Crippen LogP contribution is 2.34. The van der Waals surface area contributed by atoms with Crippen molar-refractivity contribution in [1.29, 1.82) is 0 Å². The lowest BCUT2D eigenvalue weighted by atomic mass is 10.0. The van der Waals surface area contributed by atoms with Crippen molar-refractivity contribution in [3.63, 3.8) is 0 Å². The molecule has 1 N–H and O–H groups in total. The van der Waals surface area contributed by atoms with E-state index in [9.17, 15) is 4.79 Å². The van der Waals surface area contributed by atoms with E-state index < -0.39 is 0 Å². The zero-order chi connectivity index (χ0) is 23.2. The summed E-state index contributed by atoms with van der Waals surface area (Å²) < 4.78 is 15.9. The van der Waals surface area contributed by atoms with Crippen molar-refractivity contribution in [2.24, 2.45) is 0 Å². The minimum Gasteiger partial charge on any atom is -0.497 e. The van der Waals surface area contributed by atoms with E-state index in [1.807, 2.05) is 55.5 Å². The summed E-state index contributed by atoms with van der Waals surface area (Å²) in [5.74, 6) is 2.53. The van der Waals surface area contributed by atoms with Crippen molar-refractivity contribution < 1.29 is 18.8 Å². The smallest absolute Gasteiger partial charge is 0.258 e. The van der Waals surface area contributed by atoms with Gasteiger partial charge in [0.2, 0.25) is 0 Å². The Morgan fingerprint density at radius 2 is 1.88 bits per heavy atom. The molecular formula is C25H23N3O4S. The van der Waals surface area contributed by atoms with Gasteiger partial charge in [-0.15, -0.1) is 0 Å². The lowest BCUT2D eigenvalue weighted by Crippen LogP contribution is -2.13. The van der Waals surface area contributed by atoms with Crippen LogP contribution in [-0.2, 0) is 5.75 Å². The Hall–Kier alpha value is -3.78. The number of nitrogens with one attached hydrogen (secondary N) is 1. The molecule has 4 rings (SSSR count). The van der Waals surface area contributed by atoms with E-state index in [4.69, 9.17) is 14.0 Å². The molecule has 33 heavy (non-hydrogen) atoms. The number of hydrogen-bond acceptors (Lipinski definition) is 7. The van der Waals surface area contributed by atoms with Crippen LogP contribution >= 0.6 is 11.8 Å². The second-order valence-corrected chi connectivity index (χ2v) is 8.14. The van der Waals surface area contributed by atoms with Crippen LogP contribution in [0.4, 0.5) is 5.69 Å². The van der Waals surface area contributed by atoms with Gasteiger partial charge >= 0.3 is 0 Å². The molecule has 0 saturated heterocycles. The number of rotatable bonds is 8. The molecule has 7 nitrogen and oxygen atoms in total. The summed E-state index contributed by atoms with van der Waals surface area (Å²) in [6.45, 7) is 1.84.